The van der Waals surface area contributed by atoms with Crippen LogP contribution in [0.25, 0.3) is 0 Å². The number of hydrogen-bond acceptors (Lipinski definition) is 5. The molecule has 0 N–H and O–H groups in total. The van der Waals surface area contributed by atoms with Gasteiger partial charge in [0.15, 0.2) is 0 Å². The summed E-state index contributed by atoms with van der Waals surface area (Å²) in [7, 11) is 1.70. The molecule has 26 heavy (non-hydrogen) atoms. The average molecular weight is 359 g/mol. The largest absolute Gasteiger partial charge is 0.497 e. The van der Waals surface area contributed by atoms with E-state index >= 15 is 0 Å². The van der Waals surface area contributed by atoms with Crippen LogP contribution >= 0.6 is 0 Å². The van der Waals surface area contributed by atoms with Gasteiger partial charge in [-0.15, -0.1) is 0 Å². The van der Waals surface area contributed by atoms with E-state index in [1.165, 1.54) is 5.56 Å². The lowest BCUT2D eigenvalue weighted by molar-refractivity contribution is 0.0909. The summed E-state index contributed by atoms with van der Waals surface area (Å²) in [5.41, 5.74) is 2.36. The second-order valence-corrected chi connectivity index (χ2v) is 6.56. The molecule has 0 spiro atoms. The van der Waals surface area contributed by atoms with E-state index in [9.17, 15) is 0 Å². The topological polar surface area (TPSA) is 48.8 Å². The van der Waals surface area contributed by atoms with Gasteiger partial charge in [-0.25, -0.2) is 0 Å². The van der Waals surface area contributed by atoms with Gasteiger partial charge < -0.3 is 14.2 Å². The van der Waals surface area contributed by atoms with Crippen molar-refractivity contribution in [3.8, 4) is 11.5 Å². The highest BCUT2D eigenvalue weighted by molar-refractivity contribution is 5.40. The Morgan fingerprint density at radius 1 is 1.19 bits per heavy atom. The molecular formula is C20H29N3O3. The van der Waals surface area contributed by atoms with E-state index in [4.69, 9.17) is 14.2 Å². The number of benzene rings is 1. The molecule has 0 aliphatic carbocycles. The molecule has 1 aliphatic rings. The Kier molecular flexibility index (Phi) is 6.91. The third-order valence-electron chi connectivity index (χ3n) is 4.57. The predicted molar refractivity (Wildman–Crippen MR) is 101 cm³/mol. The van der Waals surface area contributed by atoms with Crippen LogP contribution in [0.1, 0.15) is 30.9 Å². The second kappa shape index (κ2) is 9.59. The molecule has 6 heteroatoms. The van der Waals surface area contributed by atoms with Crippen LogP contribution in [-0.2, 0) is 24.4 Å². The Hall–Kier alpha value is -2.05. The minimum Gasteiger partial charge on any atom is -0.497 e. The maximum Gasteiger partial charge on any atom is 0.124 e. The highest BCUT2D eigenvalue weighted by atomic mass is 16.5. The summed E-state index contributed by atoms with van der Waals surface area (Å²) in [6.45, 7) is 7.72. The zero-order valence-electron chi connectivity index (χ0n) is 15.8. The molecule has 0 unspecified atom stereocenters. The monoisotopic (exact) mass is 359 g/mol. The first kappa shape index (κ1) is 18.7. The Labute approximate surface area is 155 Å². The Bertz CT molecular complexity index is 687. The summed E-state index contributed by atoms with van der Waals surface area (Å²) >= 11 is 0. The van der Waals surface area contributed by atoms with Gasteiger partial charge in [-0.1, -0.05) is 0 Å². The first-order valence-corrected chi connectivity index (χ1v) is 9.39. The van der Waals surface area contributed by atoms with Gasteiger partial charge in [0.1, 0.15) is 11.5 Å². The summed E-state index contributed by atoms with van der Waals surface area (Å²) < 4.78 is 19.2. The number of methoxy groups -OCH3 is 1. The molecule has 0 atom stereocenters. The number of nitrogens with zero attached hydrogens (tertiary/aromatic N) is 3. The Morgan fingerprint density at radius 3 is 2.88 bits per heavy atom. The van der Waals surface area contributed by atoms with Crippen LogP contribution in [-0.4, -0.2) is 48.2 Å². The molecule has 3 rings (SSSR count). The van der Waals surface area contributed by atoms with E-state index in [-0.39, 0.29) is 0 Å². The summed E-state index contributed by atoms with van der Waals surface area (Å²) in [5.74, 6) is 1.80. The van der Waals surface area contributed by atoms with E-state index in [2.05, 4.69) is 29.2 Å². The van der Waals surface area contributed by atoms with Gasteiger partial charge in [-0.3, -0.25) is 9.58 Å². The van der Waals surface area contributed by atoms with Crippen molar-refractivity contribution in [3.63, 3.8) is 0 Å². The molecule has 142 valence electrons. The van der Waals surface area contributed by atoms with Crippen molar-refractivity contribution < 1.29 is 14.2 Å². The fraction of sp³-hybridized carbons (Fsp3) is 0.550. The highest BCUT2D eigenvalue weighted by Gasteiger charge is 2.14. The van der Waals surface area contributed by atoms with E-state index in [0.717, 1.165) is 69.3 Å². The predicted octanol–water partition coefficient (Wildman–Crippen LogP) is 3.10. The minimum atomic E-state index is 0.714. The van der Waals surface area contributed by atoms with Gasteiger partial charge in [-0.2, -0.15) is 5.10 Å². The summed E-state index contributed by atoms with van der Waals surface area (Å²) in [4.78, 5) is 2.38. The number of aryl methyl sites for hydroxylation is 1. The summed E-state index contributed by atoms with van der Waals surface area (Å²) in [6, 6.07) is 6.05. The third-order valence-corrected chi connectivity index (χ3v) is 4.57. The lowest BCUT2D eigenvalue weighted by Gasteiger charge is -2.24. The van der Waals surface area contributed by atoms with Crippen LogP contribution < -0.4 is 9.47 Å². The van der Waals surface area contributed by atoms with Gasteiger partial charge in [0.05, 0.1) is 26.5 Å². The van der Waals surface area contributed by atoms with Crippen LogP contribution in [0.15, 0.2) is 30.6 Å². The smallest absolute Gasteiger partial charge is 0.124 e. The standard InChI is InChI=1S/C20H29N3O3/c1-3-23-15-17(13-21-23)14-22-8-11-25-9-4-5-10-26-20-7-6-19(24-2)12-18(20)16-22/h6-7,12-13,15H,3-5,8-11,14,16H2,1-2H3. The lowest BCUT2D eigenvalue weighted by atomic mass is 10.1. The molecule has 1 aliphatic heterocycles. The first-order valence-electron chi connectivity index (χ1n) is 9.39. The fourth-order valence-electron chi connectivity index (χ4n) is 3.11. The maximum absolute atomic E-state index is 6.03. The van der Waals surface area contributed by atoms with Gasteiger partial charge >= 0.3 is 0 Å². The van der Waals surface area contributed by atoms with Crippen molar-refractivity contribution in [2.24, 2.45) is 0 Å². The molecule has 2 aromatic rings. The quantitative estimate of drug-likeness (QED) is 0.839. The van der Waals surface area contributed by atoms with Crippen LogP contribution in [0.2, 0.25) is 0 Å². The molecule has 1 aromatic carbocycles. The molecule has 2 heterocycles. The molecule has 0 amide bonds. The second-order valence-electron chi connectivity index (χ2n) is 6.56. The van der Waals surface area contributed by atoms with Crippen molar-refractivity contribution in [1.29, 1.82) is 0 Å². The van der Waals surface area contributed by atoms with E-state index < -0.39 is 0 Å². The molecule has 0 radical (unpaired) electrons. The molecular weight excluding hydrogens is 330 g/mol. The van der Waals surface area contributed by atoms with Crippen LogP contribution in [0.4, 0.5) is 0 Å². The number of ether oxygens (including phenoxy) is 3. The molecule has 0 saturated carbocycles. The third kappa shape index (κ3) is 5.22. The van der Waals surface area contributed by atoms with Crippen LogP contribution in [0.3, 0.4) is 0 Å². The normalized spacial score (nSPS) is 16.8. The van der Waals surface area contributed by atoms with Crippen molar-refractivity contribution >= 4 is 0 Å². The lowest BCUT2D eigenvalue weighted by Crippen LogP contribution is -2.27. The summed E-state index contributed by atoms with van der Waals surface area (Å²) in [6.07, 6.45) is 6.09. The average Bonchev–Trinajstić information content (AvgIpc) is 3.11. The number of hydrogen-bond donors (Lipinski definition) is 0. The minimum absolute atomic E-state index is 0.714. The zero-order valence-corrected chi connectivity index (χ0v) is 15.8. The fourth-order valence-corrected chi connectivity index (χ4v) is 3.11. The van der Waals surface area contributed by atoms with Gasteiger partial charge in [0.2, 0.25) is 0 Å². The summed E-state index contributed by atoms with van der Waals surface area (Å²) in [5, 5.41) is 4.39. The molecule has 1 aromatic heterocycles. The Balaban J connectivity index is 1.79. The van der Waals surface area contributed by atoms with Crippen molar-refractivity contribution in [3.05, 3.63) is 41.7 Å². The van der Waals surface area contributed by atoms with Gasteiger partial charge in [-0.05, 0) is 38.0 Å². The number of fused-ring (bicyclic) bond motifs is 1. The van der Waals surface area contributed by atoms with Gasteiger partial charge in [0, 0.05) is 50.1 Å². The molecule has 0 bridgehead atoms. The van der Waals surface area contributed by atoms with Crippen LogP contribution in [0.5, 0.6) is 11.5 Å². The highest BCUT2D eigenvalue weighted by Crippen LogP contribution is 2.26. The van der Waals surface area contributed by atoms with E-state index in [1.807, 2.05) is 23.0 Å². The van der Waals surface area contributed by atoms with E-state index in [0.29, 0.717) is 6.61 Å². The Morgan fingerprint density at radius 2 is 2.08 bits per heavy atom. The van der Waals surface area contributed by atoms with Gasteiger partial charge in [0.25, 0.3) is 0 Å². The number of aromatic nitrogens is 2. The number of rotatable bonds is 4. The molecule has 0 saturated heterocycles. The van der Waals surface area contributed by atoms with Crippen molar-refractivity contribution in [2.45, 2.75) is 39.4 Å². The zero-order chi connectivity index (χ0) is 18.2. The molecule has 0 fully saturated rings. The van der Waals surface area contributed by atoms with Crippen molar-refractivity contribution in [2.75, 3.05) is 33.5 Å². The SMILES string of the molecule is CCn1cc(CN2CCOCCCCOc3ccc(OC)cc3C2)cn1. The molecule has 6 nitrogen and oxygen atoms in total. The van der Waals surface area contributed by atoms with E-state index in [1.54, 1.807) is 7.11 Å². The van der Waals surface area contributed by atoms with Crippen LogP contribution in [0, 0.1) is 0 Å². The first-order chi connectivity index (χ1) is 12.8. The van der Waals surface area contributed by atoms with Crippen molar-refractivity contribution in [1.82, 2.24) is 14.7 Å². The maximum atomic E-state index is 6.03.